The first-order valence-electron chi connectivity index (χ1n) is 6.47. The Morgan fingerprint density at radius 3 is 2.75 bits per heavy atom. The van der Waals surface area contributed by atoms with Crippen molar-refractivity contribution in [1.29, 1.82) is 0 Å². The monoisotopic (exact) mass is 273 g/mol. The number of carbonyl (C=O) groups excluding carboxylic acids is 1. The molecule has 2 aromatic rings. The minimum atomic E-state index is -0.702. The van der Waals surface area contributed by atoms with Crippen LogP contribution in [0, 0.1) is 11.6 Å². The van der Waals surface area contributed by atoms with E-state index in [4.69, 9.17) is 0 Å². The van der Waals surface area contributed by atoms with Crippen LogP contribution >= 0.6 is 0 Å². The van der Waals surface area contributed by atoms with E-state index in [0.717, 1.165) is 36.7 Å². The molecule has 0 spiro atoms. The lowest BCUT2D eigenvalue weighted by Crippen LogP contribution is -2.24. The highest BCUT2D eigenvalue weighted by Crippen LogP contribution is 2.20. The SMILES string of the molecule is O=C(c1ccc2c(c1)CNCC2)c1cc(F)ccc1F. The Morgan fingerprint density at radius 2 is 1.90 bits per heavy atom. The number of hydrogen-bond acceptors (Lipinski definition) is 2. The summed E-state index contributed by atoms with van der Waals surface area (Å²) in [6.07, 6.45) is 0.915. The molecule has 0 saturated heterocycles. The van der Waals surface area contributed by atoms with E-state index in [1.54, 1.807) is 12.1 Å². The van der Waals surface area contributed by atoms with Gasteiger partial charge in [-0.1, -0.05) is 12.1 Å². The Bertz CT molecular complexity index is 682. The molecule has 0 unspecified atom stereocenters. The molecule has 2 aromatic carbocycles. The normalized spacial score (nSPS) is 13.9. The van der Waals surface area contributed by atoms with Gasteiger partial charge in [-0.15, -0.1) is 0 Å². The van der Waals surface area contributed by atoms with Crippen LogP contribution in [0.1, 0.15) is 27.0 Å². The summed E-state index contributed by atoms with van der Waals surface area (Å²) in [5, 5.41) is 3.22. The van der Waals surface area contributed by atoms with Gasteiger partial charge in [0.15, 0.2) is 5.78 Å². The molecule has 0 amide bonds. The fraction of sp³-hybridized carbons (Fsp3) is 0.188. The molecule has 0 bridgehead atoms. The lowest BCUT2D eigenvalue weighted by molar-refractivity contribution is 0.103. The van der Waals surface area contributed by atoms with Gasteiger partial charge in [0.05, 0.1) is 5.56 Å². The molecular formula is C16H13F2NO. The fourth-order valence-electron chi connectivity index (χ4n) is 2.45. The topological polar surface area (TPSA) is 29.1 Å². The maximum Gasteiger partial charge on any atom is 0.196 e. The molecule has 0 atom stereocenters. The lowest BCUT2D eigenvalue weighted by Gasteiger charge is -2.17. The van der Waals surface area contributed by atoms with Crippen LogP contribution in [0.25, 0.3) is 0 Å². The predicted octanol–water partition coefficient (Wildman–Crippen LogP) is 2.84. The number of fused-ring (bicyclic) bond motifs is 1. The smallest absolute Gasteiger partial charge is 0.196 e. The summed E-state index contributed by atoms with van der Waals surface area (Å²) in [5.74, 6) is -1.81. The van der Waals surface area contributed by atoms with Gasteiger partial charge in [-0.25, -0.2) is 8.78 Å². The summed E-state index contributed by atoms with van der Waals surface area (Å²) < 4.78 is 26.8. The number of benzene rings is 2. The van der Waals surface area contributed by atoms with E-state index in [2.05, 4.69) is 5.32 Å². The predicted molar refractivity (Wildman–Crippen MR) is 71.6 cm³/mol. The van der Waals surface area contributed by atoms with E-state index in [9.17, 15) is 13.6 Å². The van der Waals surface area contributed by atoms with Gasteiger partial charge in [-0.2, -0.15) is 0 Å². The zero-order chi connectivity index (χ0) is 14.1. The minimum Gasteiger partial charge on any atom is -0.312 e. The first kappa shape index (κ1) is 12.9. The van der Waals surface area contributed by atoms with Crippen LogP contribution in [-0.2, 0) is 13.0 Å². The summed E-state index contributed by atoms with van der Waals surface area (Å²) in [6.45, 7) is 1.61. The maximum absolute atomic E-state index is 13.6. The highest BCUT2D eigenvalue weighted by atomic mass is 19.1. The van der Waals surface area contributed by atoms with Crippen molar-refractivity contribution in [3.05, 3.63) is 70.3 Å². The second kappa shape index (κ2) is 5.13. The van der Waals surface area contributed by atoms with Gasteiger partial charge in [0.2, 0.25) is 0 Å². The largest absolute Gasteiger partial charge is 0.312 e. The van der Waals surface area contributed by atoms with Crippen molar-refractivity contribution < 1.29 is 13.6 Å². The van der Waals surface area contributed by atoms with Crippen LogP contribution in [0.4, 0.5) is 8.78 Å². The quantitative estimate of drug-likeness (QED) is 0.852. The lowest BCUT2D eigenvalue weighted by atomic mass is 9.95. The number of ketones is 1. The Hall–Kier alpha value is -2.07. The van der Waals surface area contributed by atoms with Crippen molar-refractivity contribution in [2.75, 3.05) is 6.54 Å². The average molecular weight is 273 g/mol. The molecule has 0 radical (unpaired) electrons. The van der Waals surface area contributed by atoms with Crippen LogP contribution in [-0.4, -0.2) is 12.3 Å². The van der Waals surface area contributed by atoms with E-state index < -0.39 is 17.4 Å². The average Bonchev–Trinajstić information content (AvgIpc) is 2.48. The van der Waals surface area contributed by atoms with E-state index in [0.29, 0.717) is 12.1 Å². The highest BCUT2D eigenvalue weighted by molar-refractivity contribution is 6.09. The third-order valence-corrected chi connectivity index (χ3v) is 3.53. The first-order chi connectivity index (χ1) is 9.65. The molecule has 0 saturated carbocycles. The maximum atomic E-state index is 13.6. The molecule has 2 nitrogen and oxygen atoms in total. The molecule has 102 valence electrons. The third kappa shape index (κ3) is 2.34. The standard InChI is InChI=1S/C16H13F2NO/c17-13-3-4-15(18)14(8-13)16(20)11-2-1-10-5-6-19-9-12(10)7-11/h1-4,7-8,19H,5-6,9H2. The number of nitrogens with one attached hydrogen (secondary N) is 1. The summed E-state index contributed by atoms with van der Waals surface area (Å²) in [5.41, 5.74) is 2.39. The van der Waals surface area contributed by atoms with Crippen LogP contribution in [0.5, 0.6) is 0 Å². The third-order valence-electron chi connectivity index (χ3n) is 3.53. The number of rotatable bonds is 2. The molecule has 1 aliphatic heterocycles. The van der Waals surface area contributed by atoms with Gasteiger partial charge >= 0.3 is 0 Å². The van der Waals surface area contributed by atoms with Crippen LogP contribution in [0.15, 0.2) is 36.4 Å². The summed E-state index contributed by atoms with van der Waals surface area (Å²) in [7, 11) is 0. The molecule has 20 heavy (non-hydrogen) atoms. The van der Waals surface area contributed by atoms with Crippen molar-refractivity contribution >= 4 is 5.78 Å². The fourth-order valence-corrected chi connectivity index (χ4v) is 2.45. The molecule has 0 aromatic heterocycles. The molecule has 4 heteroatoms. The molecule has 0 fully saturated rings. The van der Waals surface area contributed by atoms with Crippen molar-refractivity contribution in [3.63, 3.8) is 0 Å². The Balaban J connectivity index is 2.00. The van der Waals surface area contributed by atoms with Crippen molar-refractivity contribution in [2.45, 2.75) is 13.0 Å². The molecule has 1 aliphatic rings. The summed E-state index contributed by atoms with van der Waals surface area (Å²) >= 11 is 0. The second-order valence-corrected chi connectivity index (χ2v) is 4.86. The van der Waals surface area contributed by atoms with E-state index in [1.807, 2.05) is 6.07 Å². The van der Waals surface area contributed by atoms with Crippen LogP contribution < -0.4 is 5.32 Å². The van der Waals surface area contributed by atoms with E-state index in [-0.39, 0.29) is 5.56 Å². The summed E-state index contributed by atoms with van der Waals surface area (Å²) in [6, 6.07) is 8.24. The van der Waals surface area contributed by atoms with Crippen molar-refractivity contribution in [1.82, 2.24) is 5.32 Å². The number of carbonyl (C=O) groups is 1. The zero-order valence-electron chi connectivity index (χ0n) is 10.7. The molecule has 1 N–H and O–H groups in total. The Morgan fingerprint density at radius 1 is 1.05 bits per heavy atom. The highest BCUT2D eigenvalue weighted by Gasteiger charge is 2.17. The first-order valence-corrected chi connectivity index (χ1v) is 6.47. The van der Waals surface area contributed by atoms with E-state index >= 15 is 0 Å². The van der Waals surface area contributed by atoms with Gasteiger partial charge in [0, 0.05) is 12.1 Å². The molecule has 0 aliphatic carbocycles. The van der Waals surface area contributed by atoms with Gasteiger partial charge in [-0.05, 0) is 48.4 Å². The second-order valence-electron chi connectivity index (χ2n) is 4.86. The van der Waals surface area contributed by atoms with Gasteiger partial charge in [-0.3, -0.25) is 4.79 Å². The van der Waals surface area contributed by atoms with Crippen molar-refractivity contribution in [2.24, 2.45) is 0 Å². The van der Waals surface area contributed by atoms with E-state index in [1.165, 1.54) is 5.56 Å². The Labute approximate surface area is 115 Å². The molecule has 1 heterocycles. The number of halogens is 2. The molecule has 3 rings (SSSR count). The van der Waals surface area contributed by atoms with Crippen LogP contribution in [0.2, 0.25) is 0 Å². The Kier molecular flexibility index (Phi) is 3.32. The van der Waals surface area contributed by atoms with Crippen LogP contribution in [0.3, 0.4) is 0 Å². The van der Waals surface area contributed by atoms with Gasteiger partial charge < -0.3 is 5.32 Å². The minimum absolute atomic E-state index is 0.228. The number of hydrogen-bond donors (Lipinski definition) is 1. The van der Waals surface area contributed by atoms with Gasteiger partial charge in [0.1, 0.15) is 11.6 Å². The zero-order valence-corrected chi connectivity index (χ0v) is 10.7. The van der Waals surface area contributed by atoms with Gasteiger partial charge in [0.25, 0.3) is 0 Å². The summed E-state index contributed by atoms with van der Waals surface area (Å²) in [4.78, 5) is 12.3. The van der Waals surface area contributed by atoms with Crippen molar-refractivity contribution in [3.8, 4) is 0 Å². The molecular weight excluding hydrogens is 260 g/mol.